The zero-order chi connectivity index (χ0) is 14.4. The molecule has 2 amide bonds. The Morgan fingerprint density at radius 2 is 2.20 bits per heavy atom. The predicted octanol–water partition coefficient (Wildman–Crippen LogP) is -1.27. The van der Waals surface area contributed by atoms with Crippen LogP contribution in [0.4, 0.5) is 0 Å². The minimum atomic E-state index is -0.499. The summed E-state index contributed by atoms with van der Waals surface area (Å²) in [6, 6.07) is -0.206. The Morgan fingerprint density at radius 1 is 1.40 bits per heavy atom. The molecule has 0 radical (unpaired) electrons. The average Bonchev–Trinajstić information content (AvgIpc) is 3.27. The summed E-state index contributed by atoms with van der Waals surface area (Å²) in [5.41, 5.74) is 0. The molecule has 7 nitrogen and oxygen atoms in total. The molecular weight excluding hydrogens is 262 g/mol. The maximum absolute atomic E-state index is 12.2. The molecule has 2 rings (SSSR count). The maximum atomic E-state index is 12.2. The van der Waals surface area contributed by atoms with Gasteiger partial charge in [-0.2, -0.15) is 0 Å². The minimum Gasteiger partial charge on any atom is -0.383 e. The summed E-state index contributed by atoms with van der Waals surface area (Å²) in [4.78, 5) is 25.9. The lowest BCUT2D eigenvalue weighted by Gasteiger charge is -2.34. The van der Waals surface area contributed by atoms with Crippen molar-refractivity contribution in [3.05, 3.63) is 0 Å². The number of hydrogen-bond donors (Lipinski definition) is 2. The quantitative estimate of drug-likeness (QED) is 0.570. The first-order valence-electron chi connectivity index (χ1n) is 7.09. The molecule has 1 aliphatic heterocycles. The Kier molecular flexibility index (Phi) is 5.75. The molecule has 2 fully saturated rings. The monoisotopic (exact) mass is 285 g/mol. The van der Waals surface area contributed by atoms with Crippen molar-refractivity contribution in [1.82, 2.24) is 15.5 Å². The van der Waals surface area contributed by atoms with E-state index >= 15 is 0 Å². The van der Waals surface area contributed by atoms with Gasteiger partial charge in [0.15, 0.2) is 0 Å². The zero-order valence-electron chi connectivity index (χ0n) is 11.9. The number of morpholine rings is 1. The third-order valence-electron chi connectivity index (χ3n) is 3.43. The van der Waals surface area contributed by atoms with Crippen LogP contribution in [0.5, 0.6) is 0 Å². The molecule has 114 valence electrons. The SMILES string of the molecule is COCCNCC(=O)N1CCOCC1C(=O)NC1CC1. The highest BCUT2D eigenvalue weighted by Crippen LogP contribution is 2.19. The van der Waals surface area contributed by atoms with E-state index in [1.54, 1.807) is 12.0 Å². The van der Waals surface area contributed by atoms with E-state index < -0.39 is 6.04 Å². The molecule has 1 heterocycles. The van der Waals surface area contributed by atoms with E-state index in [1.807, 2.05) is 0 Å². The van der Waals surface area contributed by atoms with Gasteiger partial charge >= 0.3 is 0 Å². The van der Waals surface area contributed by atoms with E-state index in [4.69, 9.17) is 9.47 Å². The van der Waals surface area contributed by atoms with Crippen LogP contribution in [0.25, 0.3) is 0 Å². The van der Waals surface area contributed by atoms with Crippen LogP contribution in [0.15, 0.2) is 0 Å². The highest BCUT2D eigenvalue weighted by atomic mass is 16.5. The van der Waals surface area contributed by atoms with Crippen LogP contribution in [0.1, 0.15) is 12.8 Å². The van der Waals surface area contributed by atoms with Gasteiger partial charge in [0.1, 0.15) is 6.04 Å². The number of nitrogens with zero attached hydrogens (tertiary/aromatic N) is 1. The first-order valence-corrected chi connectivity index (χ1v) is 7.09. The van der Waals surface area contributed by atoms with E-state index in [0.717, 1.165) is 12.8 Å². The minimum absolute atomic E-state index is 0.0691. The molecule has 0 aromatic heterocycles. The van der Waals surface area contributed by atoms with E-state index in [2.05, 4.69) is 10.6 Å². The lowest BCUT2D eigenvalue weighted by molar-refractivity contribution is -0.147. The molecule has 2 aliphatic rings. The van der Waals surface area contributed by atoms with Gasteiger partial charge in [0.05, 0.1) is 26.4 Å². The molecule has 1 atom stereocenters. The fourth-order valence-corrected chi connectivity index (χ4v) is 2.12. The number of methoxy groups -OCH3 is 1. The molecule has 0 aromatic rings. The summed E-state index contributed by atoms with van der Waals surface area (Å²) in [5.74, 6) is -0.169. The first-order chi connectivity index (χ1) is 9.72. The standard InChI is InChI=1S/C13H23N3O4/c1-19-6-4-14-8-12(17)16-5-7-20-9-11(16)13(18)15-10-2-3-10/h10-11,14H,2-9H2,1H3,(H,15,18). The second-order valence-electron chi connectivity index (χ2n) is 5.13. The van der Waals surface area contributed by atoms with Gasteiger partial charge in [-0.3, -0.25) is 9.59 Å². The Bertz CT molecular complexity index is 347. The van der Waals surface area contributed by atoms with Gasteiger partial charge in [0.25, 0.3) is 0 Å². The second-order valence-corrected chi connectivity index (χ2v) is 5.13. The largest absolute Gasteiger partial charge is 0.383 e. The van der Waals surface area contributed by atoms with E-state index in [1.165, 1.54) is 0 Å². The summed E-state index contributed by atoms with van der Waals surface area (Å²) in [6.45, 7) is 2.62. The van der Waals surface area contributed by atoms with Crippen LogP contribution in [0, 0.1) is 0 Å². The third-order valence-corrected chi connectivity index (χ3v) is 3.43. The summed E-state index contributed by atoms with van der Waals surface area (Å²) in [6.07, 6.45) is 2.07. The normalized spacial score (nSPS) is 22.6. The van der Waals surface area contributed by atoms with Crippen LogP contribution >= 0.6 is 0 Å². The third kappa shape index (κ3) is 4.43. The van der Waals surface area contributed by atoms with Crippen molar-refractivity contribution < 1.29 is 19.1 Å². The van der Waals surface area contributed by atoms with Crippen LogP contribution in [0.3, 0.4) is 0 Å². The zero-order valence-corrected chi connectivity index (χ0v) is 11.9. The number of hydrogen-bond acceptors (Lipinski definition) is 5. The van der Waals surface area contributed by atoms with E-state index in [-0.39, 0.29) is 25.0 Å². The highest BCUT2D eigenvalue weighted by Gasteiger charge is 2.35. The predicted molar refractivity (Wildman–Crippen MR) is 72.2 cm³/mol. The molecule has 20 heavy (non-hydrogen) atoms. The molecule has 0 aromatic carbocycles. The van der Waals surface area contributed by atoms with Crippen molar-refractivity contribution in [1.29, 1.82) is 0 Å². The summed E-state index contributed by atoms with van der Waals surface area (Å²) in [7, 11) is 1.61. The number of amides is 2. The van der Waals surface area contributed by atoms with Crippen molar-refractivity contribution in [3.8, 4) is 0 Å². The number of carbonyl (C=O) groups is 2. The average molecular weight is 285 g/mol. The molecule has 7 heteroatoms. The van der Waals surface area contributed by atoms with Gasteiger partial charge < -0.3 is 25.0 Å². The van der Waals surface area contributed by atoms with Gasteiger partial charge in [-0.25, -0.2) is 0 Å². The van der Waals surface area contributed by atoms with Crippen molar-refractivity contribution >= 4 is 11.8 Å². The lowest BCUT2D eigenvalue weighted by atomic mass is 10.2. The summed E-state index contributed by atoms with van der Waals surface area (Å²) >= 11 is 0. The first kappa shape index (κ1) is 15.2. The molecule has 1 aliphatic carbocycles. The second kappa shape index (κ2) is 7.56. The Hall–Kier alpha value is -1.18. The molecular formula is C13H23N3O4. The van der Waals surface area contributed by atoms with Crippen LogP contribution in [0.2, 0.25) is 0 Å². The van der Waals surface area contributed by atoms with E-state index in [9.17, 15) is 9.59 Å². The Labute approximate surface area is 119 Å². The van der Waals surface area contributed by atoms with Crippen molar-refractivity contribution in [2.24, 2.45) is 0 Å². The number of carbonyl (C=O) groups excluding carboxylic acids is 2. The van der Waals surface area contributed by atoms with Gasteiger partial charge in [0, 0.05) is 26.2 Å². The number of ether oxygens (including phenoxy) is 2. The van der Waals surface area contributed by atoms with Gasteiger partial charge in [-0.05, 0) is 12.8 Å². The maximum Gasteiger partial charge on any atom is 0.245 e. The molecule has 0 spiro atoms. The van der Waals surface area contributed by atoms with Crippen LogP contribution in [-0.4, -0.2) is 75.4 Å². The summed E-state index contributed by atoms with van der Waals surface area (Å²) < 4.78 is 10.2. The van der Waals surface area contributed by atoms with Crippen molar-refractivity contribution in [3.63, 3.8) is 0 Å². The van der Waals surface area contributed by atoms with Crippen LogP contribution < -0.4 is 10.6 Å². The van der Waals surface area contributed by atoms with Gasteiger partial charge in [-0.1, -0.05) is 0 Å². The molecule has 0 bridgehead atoms. The molecule has 1 saturated heterocycles. The highest BCUT2D eigenvalue weighted by molar-refractivity contribution is 5.89. The Morgan fingerprint density at radius 3 is 2.90 bits per heavy atom. The molecule has 1 saturated carbocycles. The van der Waals surface area contributed by atoms with E-state index in [0.29, 0.717) is 32.3 Å². The Balaban J connectivity index is 1.81. The fraction of sp³-hybridized carbons (Fsp3) is 0.846. The fourth-order valence-electron chi connectivity index (χ4n) is 2.12. The number of nitrogens with one attached hydrogen (secondary N) is 2. The lowest BCUT2D eigenvalue weighted by Crippen LogP contribution is -2.57. The van der Waals surface area contributed by atoms with Gasteiger partial charge in [0.2, 0.25) is 11.8 Å². The molecule has 1 unspecified atom stereocenters. The summed E-state index contributed by atoms with van der Waals surface area (Å²) in [5, 5.41) is 5.94. The van der Waals surface area contributed by atoms with Crippen LogP contribution in [-0.2, 0) is 19.1 Å². The molecule has 2 N–H and O–H groups in total. The number of rotatable bonds is 7. The van der Waals surface area contributed by atoms with Crippen molar-refractivity contribution in [2.45, 2.75) is 24.9 Å². The topological polar surface area (TPSA) is 79.9 Å². The van der Waals surface area contributed by atoms with Gasteiger partial charge in [-0.15, -0.1) is 0 Å². The smallest absolute Gasteiger partial charge is 0.245 e. The van der Waals surface area contributed by atoms with Crippen molar-refractivity contribution in [2.75, 3.05) is 46.6 Å².